The Morgan fingerprint density at radius 2 is 2.28 bits per heavy atom. The molecule has 1 heterocycles. The highest BCUT2D eigenvalue weighted by Gasteiger charge is 2.31. The first-order valence-electron chi connectivity index (χ1n) is 6.17. The lowest BCUT2D eigenvalue weighted by Crippen LogP contribution is -2.21. The van der Waals surface area contributed by atoms with Crippen LogP contribution in [0, 0.1) is 5.82 Å². The van der Waals surface area contributed by atoms with Gasteiger partial charge in [0.25, 0.3) is 0 Å². The summed E-state index contributed by atoms with van der Waals surface area (Å²) < 4.78 is 21.1. The van der Waals surface area contributed by atoms with Gasteiger partial charge < -0.3 is 15.0 Å². The second kappa shape index (κ2) is 4.24. The van der Waals surface area contributed by atoms with Crippen molar-refractivity contribution in [1.82, 2.24) is 9.55 Å². The summed E-state index contributed by atoms with van der Waals surface area (Å²) in [6, 6.07) is 5.10. The summed E-state index contributed by atoms with van der Waals surface area (Å²) >= 11 is 0. The number of ether oxygens (including phenoxy) is 1. The fourth-order valence-corrected chi connectivity index (χ4v) is 2.93. The van der Waals surface area contributed by atoms with Gasteiger partial charge in [-0.05, 0) is 31.4 Å². The Hall–Kier alpha value is -1.62. The topological polar surface area (TPSA) is 53.1 Å². The number of rotatable bonds is 2. The normalized spacial score (nSPS) is 23.9. The second-order valence-electron chi connectivity index (χ2n) is 4.72. The molecule has 0 spiro atoms. The minimum Gasteiger partial charge on any atom is -0.379 e. The van der Waals surface area contributed by atoms with Gasteiger partial charge in [-0.15, -0.1) is 0 Å². The molecule has 0 bridgehead atoms. The molecule has 2 unspecified atom stereocenters. The molecule has 0 saturated heterocycles. The van der Waals surface area contributed by atoms with E-state index >= 15 is 0 Å². The average Bonchev–Trinajstić information content (AvgIpc) is 2.93. The smallest absolute Gasteiger partial charge is 0.201 e. The van der Waals surface area contributed by atoms with E-state index in [1.54, 1.807) is 13.2 Å². The molecule has 2 atom stereocenters. The number of hydrogen-bond donors (Lipinski definition) is 1. The monoisotopic (exact) mass is 249 g/mol. The van der Waals surface area contributed by atoms with Gasteiger partial charge in [0.2, 0.25) is 5.95 Å². The third kappa shape index (κ3) is 1.58. The van der Waals surface area contributed by atoms with E-state index in [2.05, 4.69) is 4.98 Å². The molecule has 1 aliphatic carbocycles. The summed E-state index contributed by atoms with van der Waals surface area (Å²) in [4.78, 5) is 4.14. The van der Waals surface area contributed by atoms with Crippen molar-refractivity contribution in [2.75, 3.05) is 12.8 Å². The van der Waals surface area contributed by atoms with Crippen LogP contribution >= 0.6 is 0 Å². The predicted molar refractivity (Wildman–Crippen MR) is 67.8 cm³/mol. The quantitative estimate of drug-likeness (QED) is 0.889. The van der Waals surface area contributed by atoms with Crippen LogP contribution in [0.25, 0.3) is 11.0 Å². The van der Waals surface area contributed by atoms with Crippen LogP contribution in [0.3, 0.4) is 0 Å². The van der Waals surface area contributed by atoms with Crippen molar-refractivity contribution < 1.29 is 9.13 Å². The van der Waals surface area contributed by atoms with Crippen LogP contribution in [0.4, 0.5) is 10.3 Å². The van der Waals surface area contributed by atoms with Crippen LogP contribution in [0.5, 0.6) is 0 Å². The van der Waals surface area contributed by atoms with Crippen molar-refractivity contribution in [1.29, 1.82) is 0 Å². The number of aromatic nitrogens is 2. The van der Waals surface area contributed by atoms with E-state index < -0.39 is 0 Å². The zero-order valence-electron chi connectivity index (χ0n) is 10.3. The third-order valence-corrected chi connectivity index (χ3v) is 3.75. The van der Waals surface area contributed by atoms with Crippen LogP contribution in [0.2, 0.25) is 0 Å². The molecule has 0 amide bonds. The summed E-state index contributed by atoms with van der Waals surface area (Å²) in [6.45, 7) is 0. The number of fused-ring (bicyclic) bond motifs is 1. The maximum absolute atomic E-state index is 13.7. The summed E-state index contributed by atoms with van der Waals surface area (Å²) in [7, 11) is 1.71. The van der Waals surface area contributed by atoms with E-state index in [0.717, 1.165) is 24.8 Å². The summed E-state index contributed by atoms with van der Waals surface area (Å²) in [5.74, 6) is 0.0361. The number of benzene rings is 1. The van der Waals surface area contributed by atoms with E-state index in [9.17, 15) is 4.39 Å². The molecule has 3 rings (SSSR count). The Bertz CT molecular complexity index is 581. The van der Waals surface area contributed by atoms with Crippen LogP contribution in [-0.4, -0.2) is 22.8 Å². The van der Waals surface area contributed by atoms with Gasteiger partial charge in [0.15, 0.2) is 5.82 Å². The van der Waals surface area contributed by atoms with Gasteiger partial charge in [0.1, 0.15) is 5.52 Å². The van der Waals surface area contributed by atoms with Gasteiger partial charge in [0.05, 0.1) is 17.7 Å². The molecule has 1 fully saturated rings. The Kier molecular flexibility index (Phi) is 2.70. The fraction of sp³-hybridized carbons (Fsp3) is 0.462. The number of hydrogen-bond acceptors (Lipinski definition) is 3. The average molecular weight is 249 g/mol. The molecular formula is C13H16FN3O. The number of nitrogens with two attached hydrogens (primary N) is 1. The summed E-state index contributed by atoms with van der Waals surface area (Å²) in [5, 5.41) is 0. The van der Waals surface area contributed by atoms with Gasteiger partial charge in [0, 0.05) is 7.11 Å². The molecule has 4 nitrogen and oxygen atoms in total. The molecule has 5 heteroatoms. The SMILES string of the molecule is COC1CCCC1n1c(N)nc2c(F)cccc21. The molecule has 1 saturated carbocycles. The van der Waals surface area contributed by atoms with E-state index in [4.69, 9.17) is 10.5 Å². The molecule has 18 heavy (non-hydrogen) atoms. The molecule has 1 aliphatic rings. The highest BCUT2D eigenvalue weighted by Crippen LogP contribution is 2.36. The number of nitrogens with zero attached hydrogens (tertiary/aromatic N) is 2. The summed E-state index contributed by atoms with van der Waals surface area (Å²) in [6.07, 6.45) is 3.23. The second-order valence-corrected chi connectivity index (χ2v) is 4.72. The Morgan fingerprint density at radius 3 is 3.06 bits per heavy atom. The largest absolute Gasteiger partial charge is 0.379 e. The van der Waals surface area contributed by atoms with Crippen molar-refractivity contribution in [2.45, 2.75) is 31.4 Å². The van der Waals surface area contributed by atoms with Crippen molar-refractivity contribution in [2.24, 2.45) is 0 Å². The molecule has 0 aliphatic heterocycles. The lowest BCUT2D eigenvalue weighted by atomic mass is 10.2. The van der Waals surface area contributed by atoms with Gasteiger partial charge in [-0.2, -0.15) is 0 Å². The van der Waals surface area contributed by atoms with Crippen molar-refractivity contribution in [3.63, 3.8) is 0 Å². The highest BCUT2D eigenvalue weighted by molar-refractivity contribution is 5.79. The standard InChI is InChI=1S/C13H16FN3O/c1-18-11-7-3-5-9(11)17-10-6-2-4-8(14)12(10)16-13(17)15/h2,4,6,9,11H,3,5,7H2,1H3,(H2,15,16). The molecule has 1 aromatic heterocycles. The van der Waals surface area contributed by atoms with Crippen molar-refractivity contribution in [3.05, 3.63) is 24.0 Å². The van der Waals surface area contributed by atoms with Crippen molar-refractivity contribution in [3.8, 4) is 0 Å². The number of nitrogen functional groups attached to an aromatic ring is 1. The minimum atomic E-state index is -0.329. The molecule has 2 N–H and O–H groups in total. The van der Waals surface area contributed by atoms with Crippen LogP contribution in [-0.2, 0) is 4.74 Å². The maximum atomic E-state index is 13.7. The zero-order valence-corrected chi connectivity index (χ0v) is 10.3. The van der Waals surface area contributed by atoms with E-state index in [1.807, 2.05) is 10.6 Å². The Morgan fingerprint density at radius 1 is 1.44 bits per heavy atom. The number of para-hydroxylation sites is 1. The fourth-order valence-electron chi connectivity index (χ4n) is 2.93. The van der Waals surface area contributed by atoms with Crippen LogP contribution in [0.1, 0.15) is 25.3 Å². The first-order valence-corrected chi connectivity index (χ1v) is 6.17. The summed E-state index contributed by atoms with van der Waals surface area (Å²) in [5.41, 5.74) is 7.04. The van der Waals surface area contributed by atoms with Crippen LogP contribution < -0.4 is 5.73 Å². The lowest BCUT2D eigenvalue weighted by molar-refractivity contribution is 0.0768. The van der Waals surface area contributed by atoms with Gasteiger partial charge in [-0.3, -0.25) is 0 Å². The molecular weight excluding hydrogens is 233 g/mol. The van der Waals surface area contributed by atoms with E-state index in [-0.39, 0.29) is 18.0 Å². The van der Waals surface area contributed by atoms with Gasteiger partial charge >= 0.3 is 0 Å². The third-order valence-electron chi connectivity index (χ3n) is 3.75. The molecule has 0 radical (unpaired) electrons. The highest BCUT2D eigenvalue weighted by atomic mass is 19.1. The Balaban J connectivity index is 2.16. The van der Waals surface area contributed by atoms with Crippen LogP contribution in [0.15, 0.2) is 18.2 Å². The number of halogens is 1. The zero-order chi connectivity index (χ0) is 12.7. The number of methoxy groups -OCH3 is 1. The minimum absolute atomic E-state index is 0.132. The maximum Gasteiger partial charge on any atom is 0.201 e. The van der Waals surface area contributed by atoms with E-state index in [1.165, 1.54) is 6.07 Å². The first-order chi connectivity index (χ1) is 8.72. The first kappa shape index (κ1) is 11.5. The van der Waals surface area contributed by atoms with Gasteiger partial charge in [-0.25, -0.2) is 9.37 Å². The number of anilines is 1. The Labute approximate surface area is 105 Å². The molecule has 2 aromatic rings. The predicted octanol–water partition coefficient (Wildman–Crippen LogP) is 2.50. The molecule has 96 valence electrons. The van der Waals surface area contributed by atoms with Gasteiger partial charge in [-0.1, -0.05) is 6.07 Å². The van der Waals surface area contributed by atoms with E-state index in [0.29, 0.717) is 11.5 Å². The number of imidazole rings is 1. The lowest BCUT2D eigenvalue weighted by Gasteiger charge is -2.21. The molecule has 1 aromatic carbocycles. The van der Waals surface area contributed by atoms with Crippen molar-refractivity contribution >= 4 is 17.0 Å².